The Balaban J connectivity index is 2.67. The van der Waals surface area contributed by atoms with Crippen LogP contribution in [-0.2, 0) is 4.74 Å². The molecular formula is C11H12BrF3O3. The molecule has 0 saturated heterocycles. The Bertz CT molecular complexity index is 396. The summed E-state index contributed by atoms with van der Waals surface area (Å²) in [6.45, 7) is 2.12. The molecule has 1 rings (SSSR count). The first-order chi connectivity index (χ1) is 8.31. The van der Waals surface area contributed by atoms with E-state index in [2.05, 4.69) is 20.7 Å². The van der Waals surface area contributed by atoms with Gasteiger partial charge in [-0.15, -0.1) is 13.2 Å². The maximum atomic E-state index is 12.0. The van der Waals surface area contributed by atoms with Crippen molar-refractivity contribution in [3.63, 3.8) is 0 Å². The first-order valence-corrected chi connectivity index (χ1v) is 5.82. The van der Waals surface area contributed by atoms with Crippen molar-refractivity contribution in [3.05, 3.63) is 22.7 Å². The number of hydrogen-bond donors (Lipinski definition) is 0. The predicted octanol–water partition coefficient (Wildman–Crippen LogP) is 3.76. The lowest BCUT2D eigenvalue weighted by Gasteiger charge is -2.14. The normalized spacial score (nSPS) is 13.2. The Kier molecular flexibility index (Phi) is 5.28. The number of alkyl halides is 3. The van der Waals surface area contributed by atoms with Crippen molar-refractivity contribution in [1.29, 1.82) is 0 Å². The molecule has 0 aliphatic carbocycles. The average molecular weight is 329 g/mol. The second-order valence-corrected chi connectivity index (χ2v) is 4.35. The van der Waals surface area contributed by atoms with Crippen molar-refractivity contribution in [2.24, 2.45) is 0 Å². The Morgan fingerprint density at radius 3 is 2.50 bits per heavy atom. The molecule has 0 N–H and O–H groups in total. The highest BCUT2D eigenvalue weighted by Gasteiger charge is 2.31. The van der Waals surface area contributed by atoms with Crippen molar-refractivity contribution in [3.8, 4) is 11.5 Å². The molecule has 1 unspecified atom stereocenters. The zero-order chi connectivity index (χ0) is 13.8. The third-order valence-electron chi connectivity index (χ3n) is 2.02. The first-order valence-electron chi connectivity index (χ1n) is 5.02. The van der Waals surface area contributed by atoms with E-state index in [1.165, 1.54) is 18.2 Å². The second kappa shape index (κ2) is 6.29. The molecule has 1 atom stereocenters. The fourth-order valence-corrected chi connectivity index (χ4v) is 1.50. The van der Waals surface area contributed by atoms with Gasteiger partial charge >= 0.3 is 6.36 Å². The number of rotatable bonds is 5. The third-order valence-corrected chi connectivity index (χ3v) is 2.64. The van der Waals surface area contributed by atoms with Crippen molar-refractivity contribution >= 4 is 15.9 Å². The monoisotopic (exact) mass is 328 g/mol. The molecule has 0 spiro atoms. The van der Waals surface area contributed by atoms with E-state index < -0.39 is 6.36 Å². The topological polar surface area (TPSA) is 27.7 Å². The van der Waals surface area contributed by atoms with E-state index >= 15 is 0 Å². The van der Waals surface area contributed by atoms with E-state index in [-0.39, 0.29) is 16.3 Å². The minimum atomic E-state index is -4.71. The fourth-order valence-electron chi connectivity index (χ4n) is 1.06. The molecule has 1 aromatic carbocycles. The van der Waals surface area contributed by atoms with Crippen LogP contribution >= 0.6 is 15.9 Å². The standard InChI is InChI=1S/C11H12BrF3O3/c1-7(16-2)6-17-8-3-4-10(9(12)5-8)18-11(13,14)15/h3-5,7H,6H2,1-2H3. The second-order valence-electron chi connectivity index (χ2n) is 3.50. The van der Waals surface area contributed by atoms with Gasteiger partial charge < -0.3 is 14.2 Å². The summed E-state index contributed by atoms with van der Waals surface area (Å²) in [4.78, 5) is 0. The number of ether oxygens (including phenoxy) is 3. The quantitative estimate of drug-likeness (QED) is 0.823. The predicted molar refractivity (Wildman–Crippen MR) is 62.8 cm³/mol. The molecule has 0 aliphatic heterocycles. The van der Waals surface area contributed by atoms with Gasteiger partial charge in [-0.05, 0) is 41.1 Å². The van der Waals surface area contributed by atoms with Crippen LogP contribution < -0.4 is 9.47 Å². The molecule has 0 saturated carbocycles. The SMILES string of the molecule is COC(C)COc1ccc(OC(F)(F)F)c(Br)c1. The molecule has 0 bridgehead atoms. The first kappa shape index (κ1) is 15.1. The summed E-state index contributed by atoms with van der Waals surface area (Å²) in [5.74, 6) is 0.120. The minimum absolute atomic E-state index is 0.102. The van der Waals surface area contributed by atoms with Gasteiger partial charge in [0, 0.05) is 7.11 Å². The van der Waals surface area contributed by atoms with Gasteiger partial charge in [0.2, 0.25) is 0 Å². The zero-order valence-corrected chi connectivity index (χ0v) is 11.3. The summed E-state index contributed by atoms with van der Waals surface area (Å²) in [6.07, 6.45) is -4.81. The van der Waals surface area contributed by atoms with Crippen LogP contribution in [0.1, 0.15) is 6.92 Å². The summed E-state index contributed by atoms with van der Waals surface area (Å²) in [5.41, 5.74) is 0. The van der Waals surface area contributed by atoms with Crippen molar-refractivity contribution in [1.82, 2.24) is 0 Å². The highest BCUT2D eigenvalue weighted by molar-refractivity contribution is 9.10. The van der Waals surface area contributed by atoms with E-state index in [4.69, 9.17) is 9.47 Å². The van der Waals surface area contributed by atoms with Crippen molar-refractivity contribution in [2.75, 3.05) is 13.7 Å². The summed E-state index contributed by atoms with van der Waals surface area (Å²) in [5, 5.41) is 0. The molecule has 0 heterocycles. The van der Waals surface area contributed by atoms with Crippen molar-refractivity contribution in [2.45, 2.75) is 19.4 Å². The van der Waals surface area contributed by atoms with Crippen LogP contribution in [0, 0.1) is 0 Å². The van der Waals surface area contributed by atoms with E-state index in [0.29, 0.717) is 12.4 Å². The highest BCUT2D eigenvalue weighted by Crippen LogP contribution is 2.33. The maximum Gasteiger partial charge on any atom is 0.573 e. The number of benzene rings is 1. The number of hydrogen-bond acceptors (Lipinski definition) is 3. The fraction of sp³-hybridized carbons (Fsp3) is 0.455. The molecule has 0 radical (unpaired) electrons. The lowest BCUT2D eigenvalue weighted by atomic mass is 10.3. The van der Waals surface area contributed by atoms with Crippen LogP contribution in [-0.4, -0.2) is 26.2 Å². The van der Waals surface area contributed by atoms with Gasteiger partial charge in [0.15, 0.2) is 0 Å². The maximum absolute atomic E-state index is 12.0. The van der Waals surface area contributed by atoms with Gasteiger partial charge in [0.05, 0.1) is 10.6 Å². The molecule has 3 nitrogen and oxygen atoms in total. The van der Waals surface area contributed by atoms with Crippen molar-refractivity contribution < 1.29 is 27.4 Å². The van der Waals surface area contributed by atoms with E-state index in [1.54, 1.807) is 7.11 Å². The van der Waals surface area contributed by atoms with Crippen LogP contribution in [0.2, 0.25) is 0 Å². The Labute approximate surface area is 111 Å². The van der Waals surface area contributed by atoms with Gasteiger partial charge in [-0.1, -0.05) is 0 Å². The molecular weight excluding hydrogens is 317 g/mol. The van der Waals surface area contributed by atoms with Gasteiger partial charge in [-0.2, -0.15) is 0 Å². The van der Waals surface area contributed by atoms with Gasteiger partial charge in [0.25, 0.3) is 0 Å². The molecule has 102 valence electrons. The molecule has 7 heteroatoms. The van der Waals surface area contributed by atoms with Crippen LogP contribution in [0.15, 0.2) is 22.7 Å². The summed E-state index contributed by atoms with van der Waals surface area (Å²) in [7, 11) is 1.55. The van der Waals surface area contributed by atoms with Crippen LogP contribution in [0.5, 0.6) is 11.5 Å². The van der Waals surface area contributed by atoms with E-state index in [9.17, 15) is 13.2 Å². The Hall–Kier alpha value is -0.950. The molecule has 0 aromatic heterocycles. The van der Waals surface area contributed by atoms with Gasteiger partial charge in [-0.3, -0.25) is 0 Å². The average Bonchev–Trinajstić information content (AvgIpc) is 2.27. The number of halogens is 4. The summed E-state index contributed by atoms with van der Waals surface area (Å²) < 4.78 is 50.4. The molecule has 0 amide bonds. The summed E-state index contributed by atoms with van der Waals surface area (Å²) in [6, 6.07) is 3.99. The lowest BCUT2D eigenvalue weighted by Crippen LogP contribution is -2.18. The Morgan fingerprint density at radius 2 is 2.00 bits per heavy atom. The largest absolute Gasteiger partial charge is 0.573 e. The molecule has 0 aliphatic rings. The molecule has 1 aromatic rings. The van der Waals surface area contributed by atoms with Crippen LogP contribution in [0.3, 0.4) is 0 Å². The lowest BCUT2D eigenvalue weighted by molar-refractivity contribution is -0.274. The van der Waals surface area contributed by atoms with Gasteiger partial charge in [0.1, 0.15) is 18.1 Å². The van der Waals surface area contributed by atoms with Gasteiger partial charge in [-0.25, -0.2) is 0 Å². The Morgan fingerprint density at radius 1 is 1.33 bits per heavy atom. The van der Waals surface area contributed by atoms with E-state index in [1.807, 2.05) is 6.92 Å². The van der Waals surface area contributed by atoms with Crippen LogP contribution in [0.25, 0.3) is 0 Å². The highest BCUT2D eigenvalue weighted by atomic mass is 79.9. The van der Waals surface area contributed by atoms with Crippen LogP contribution in [0.4, 0.5) is 13.2 Å². The molecule has 18 heavy (non-hydrogen) atoms. The smallest absolute Gasteiger partial charge is 0.491 e. The summed E-state index contributed by atoms with van der Waals surface area (Å²) >= 11 is 2.99. The zero-order valence-electron chi connectivity index (χ0n) is 9.75. The van der Waals surface area contributed by atoms with E-state index in [0.717, 1.165) is 0 Å². The minimum Gasteiger partial charge on any atom is -0.491 e. The third kappa shape index (κ3) is 5.14. The molecule has 0 fully saturated rings. The number of methoxy groups -OCH3 is 1.